The van der Waals surface area contributed by atoms with Gasteiger partial charge in [0.05, 0.1) is 35.8 Å². The van der Waals surface area contributed by atoms with Crippen LogP contribution in [0.25, 0.3) is 10.9 Å². The second-order valence-electron chi connectivity index (χ2n) is 10.2. The second kappa shape index (κ2) is 13.9. The number of esters is 1. The van der Waals surface area contributed by atoms with Crippen molar-refractivity contribution < 1.29 is 19.1 Å². The zero-order chi connectivity index (χ0) is 31.9. The molecule has 0 saturated carbocycles. The molecule has 45 heavy (non-hydrogen) atoms. The lowest BCUT2D eigenvalue weighted by Gasteiger charge is -2.15. The number of aromatic nitrogens is 2. The summed E-state index contributed by atoms with van der Waals surface area (Å²) in [6, 6.07) is 26.9. The van der Waals surface area contributed by atoms with Crippen molar-refractivity contribution in [1.82, 2.24) is 14.5 Å². The van der Waals surface area contributed by atoms with Crippen LogP contribution in [0.2, 0.25) is 5.02 Å². The minimum Gasteiger partial charge on any atom is -0.465 e. The zero-order valence-corrected chi connectivity index (χ0v) is 25.0. The minimum absolute atomic E-state index is 0.0756. The molecule has 0 spiro atoms. The number of nitrogens with one attached hydrogen (secondary N) is 2. The molecule has 11 heteroatoms. The number of ether oxygens (including phenoxy) is 1. The summed E-state index contributed by atoms with van der Waals surface area (Å²) in [5.74, 6) is -1.45. The van der Waals surface area contributed by atoms with E-state index in [1.165, 1.54) is 17.7 Å². The van der Waals surface area contributed by atoms with Gasteiger partial charge in [0.25, 0.3) is 11.5 Å². The van der Waals surface area contributed by atoms with Gasteiger partial charge in [-0.15, -0.1) is 0 Å². The van der Waals surface area contributed by atoms with E-state index in [4.69, 9.17) is 16.3 Å². The van der Waals surface area contributed by atoms with Crippen LogP contribution in [0, 0.1) is 0 Å². The van der Waals surface area contributed by atoms with Crippen molar-refractivity contribution in [2.75, 3.05) is 19.0 Å². The average Bonchev–Trinajstić information content (AvgIpc) is 3.06. The molecule has 5 rings (SSSR count). The van der Waals surface area contributed by atoms with Crippen molar-refractivity contribution in [1.29, 1.82) is 0 Å². The molecule has 2 amide bonds. The number of hydrogen-bond acceptors (Lipinski definition) is 6. The van der Waals surface area contributed by atoms with E-state index in [9.17, 15) is 24.0 Å². The van der Waals surface area contributed by atoms with Crippen LogP contribution in [0.15, 0.2) is 107 Å². The first-order valence-electron chi connectivity index (χ1n) is 14.1. The van der Waals surface area contributed by atoms with Crippen molar-refractivity contribution in [2.24, 2.45) is 0 Å². The van der Waals surface area contributed by atoms with Crippen LogP contribution in [0.5, 0.6) is 0 Å². The number of carbonyl (C=O) groups excluding carboxylic acids is 3. The van der Waals surface area contributed by atoms with Crippen LogP contribution in [-0.4, -0.2) is 40.6 Å². The molecule has 0 aliphatic carbocycles. The number of halogens is 1. The monoisotopic (exact) mass is 624 g/mol. The van der Waals surface area contributed by atoms with E-state index >= 15 is 0 Å². The Morgan fingerprint density at radius 3 is 2.20 bits per heavy atom. The van der Waals surface area contributed by atoms with Crippen LogP contribution in [0.3, 0.4) is 0 Å². The van der Waals surface area contributed by atoms with Gasteiger partial charge >= 0.3 is 11.7 Å². The Labute approximate surface area is 262 Å². The lowest BCUT2D eigenvalue weighted by molar-refractivity contribution is -0.116. The summed E-state index contributed by atoms with van der Waals surface area (Å²) in [5, 5.41) is 6.45. The summed E-state index contributed by atoms with van der Waals surface area (Å²) in [5.41, 5.74) is 1.60. The quantitative estimate of drug-likeness (QED) is 0.224. The number of rotatable bonds is 10. The maximum Gasteiger partial charge on any atom is 0.339 e. The van der Waals surface area contributed by atoms with E-state index < -0.39 is 29.7 Å². The molecule has 0 aliphatic heterocycles. The largest absolute Gasteiger partial charge is 0.465 e. The Morgan fingerprint density at radius 1 is 0.800 bits per heavy atom. The summed E-state index contributed by atoms with van der Waals surface area (Å²) >= 11 is 5.92. The van der Waals surface area contributed by atoms with Crippen molar-refractivity contribution in [2.45, 2.75) is 19.5 Å². The van der Waals surface area contributed by atoms with E-state index in [0.717, 1.165) is 10.1 Å². The van der Waals surface area contributed by atoms with Gasteiger partial charge in [0.2, 0.25) is 5.91 Å². The molecular weight excluding hydrogens is 596 g/mol. The smallest absolute Gasteiger partial charge is 0.339 e. The van der Waals surface area contributed by atoms with E-state index in [-0.39, 0.29) is 29.1 Å². The number of anilines is 1. The second-order valence-corrected chi connectivity index (χ2v) is 10.6. The Balaban J connectivity index is 1.34. The number of nitrogens with zero attached hydrogens (tertiary/aromatic N) is 2. The van der Waals surface area contributed by atoms with Crippen molar-refractivity contribution in [3.63, 3.8) is 0 Å². The highest BCUT2D eigenvalue weighted by Gasteiger charge is 2.18. The van der Waals surface area contributed by atoms with Gasteiger partial charge in [0.15, 0.2) is 0 Å². The first-order chi connectivity index (χ1) is 21.7. The van der Waals surface area contributed by atoms with Gasteiger partial charge in [0.1, 0.15) is 6.54 Å². The third kappa shape index (κ3) is 7.19. The summed E-state index contributed by atoms with van der Waals surface area (Å²) in [6.45, 7) is -0.0475. The summed E-state index contributed by atoms with van der Waals surface area (Å²) < 4.78 is 7.06. The predicted molar refractivity (Wildman–Crippen MR) is 172 cm³/mol. The molecule has 5 aromatic rings. The number of methoxy groups -OCH3 is 1. The Kier molecular flexibility index (Phi) is 9.54. The van der Waals surface area contributed by atoms with Crippen LogP contribution in [-0.2, 0) is 29.0 Å². The average molecular weight is 625 g/mol. The standard InChI is InChI=1S/C34H29ClN4O6/c1-45-33(43)26-6-2-4-8-28(26)37-30(40)21-38-29-9-5-3-7-27(29)32(42)39(34(38)44)20-23-10-14-24(15-11-23)31(41)36-19-18-22-12-16-25(35)17-13-22/h2-17H,18-21H2,1H3,(H,36,41)(H,37,40). The first-order valence-corrected chi connectivity index (χ1v) is 14.4. The molecule has 0 atom stereocenters. The molecule has 0 unspecified atom stereocenters. The van der Waals surface area contributed by atoms with E-state index in [2.05, 4.69) is 10.6 Å². The van der Waals surface area contributed by atoms with E-state index in [0.29, 0.717) is 34.6 Å². The fourth-order valence-corrected chi connectivity index (χ4v) is 5.02. The van der Waals surface area contributed by atoms with Gasteiger partial charge in [-0.2, -0.15) is 0 Å². The molecule has 2 N–H and O–H groups in total. The van der Waals surface area contributed by atoms with Crippen LogP contribution in [0.1, 0.15) is 31.8 Å². The lowest BCUT2D eigenvalue weighted by atomic mass is 10.1. The molecule has 4 aromatic carbocycles. The fourth-order valence-electron chi connectivity index (χ4n) is 4.89. The van der Waals surface area contributed by atoms with Gasteiger partial charge in [-0.25, -0.2) is 9.59 Å². The highest BCUT2D eigenvalue weighted by molar-refractivity contribution is 6.30. The maximum atomic E-state index is 13.6. The fraction of sp³-hybridized carbons (Fsp3) is 0.147. The van der Waals surface area contributed by atoms with Gasteiger partial charge in [-0.1, -0.05) is 60.1 Å². The minimum atomic E-state index is -0.681. The van der Waals surface area contributed by atoms with E-state index in [1.807, 2.05) is 12.1 Å². The van der Waals surface area contributed by atoms with Gasteiger partial charge in [-0.05, 0) is 66.1 Å². The Hall–Kier alpha value is -5.48. The van der Waals surface area contributed by atoms with Gasteiger partial charge in [0, 0.05) is 17.1 Å². The van der Waals surface area contributed by atoms with Gasteiger partial charge in [-0.3, -0.25) is 23.5 Å². The number of para-hydroxylation sites is 2. The Bertz CT molecular complexity index is 2000. The lowest BCUT2D eigenvalue weighted by Crippen LogP contribution is -2.42. The summed E-state index contributed by atoms with van der Waals surface area (Å²) in [6.07, 6.45) is 0.647. The molecule has 1 heterocycles. The topological polar surface area (TPSA) is 128 Å². The summed E-state index contributed by atoms with van der Waals surface area (Å²) in [7, 11) is 1.24. The summed E-state index contributed by atoms with van der Waals surface area (Å²) in [4.78, 5) is 64.9. The molecule has 0 fully saturated rings. The van der Waals surface area contributed by atoms with Crippen LogP contribution < -0.4 is 21.9 Å². The molecule has 228 valence electrons. The molecule has 0 bridgehead atoms. The van der Waals surface area contributed by atoms with Crippen molar-refractivity contribution in [3.8, 4) is 0 Å². The van der Waals surface area contributed by atoms with Crippen LogP contribution in [0.4, 0.5) is 5.69 Å². The SMILES string of the molecule is COC(=O)c1ccccc1NC(=O)Cn1c(=O)n(Cc2ccc(C(=O)NCCc3ccc(Cl)cc3)cc2)c(=O)c2ccccc21. The molecule has 0 aliphatic rings. The zero-order valence-electron chi connectivity index (χ0n) is 24.3. The van der Waals surface area contributed by atoms with Crippen molar-refractivity contribution in [3.05, 3.63) is 145 Å². The van der Waals surface area contributed by atoms with Crippen molar-refractivity contribution >= 4 is 46.0 Å². The number of fused-ring (bicyclic) bond motifs is 1. The Morgan fingerprint density at radius 2 is 1.47 bits per heavy atom. The molecule has 0 saturated heterocycles. The maximum absolute atomic E-state index is 13.6. The van der Waals surface area contributed by atoms with Gasteiger partial charge < -0.3 is 15.4 Å². The normalized spacial score (nSPS) is 10.8. The third-order valence-electron chi connectivity index (χ3n) is 7.21. The first kappa shape index (κ1) is 31.0. The number of carbonyl (C=O) groups is 3. The number of amides is 2. The van der Waals surface area contributed by atoms with E-state index in [1.54, 1.807) is 78.9 Å². The number of benzene rings is 4. The third-order valence-corrected chi connectivity index (χ3v) is 7.46. The number of hydrogen-bond donors (Lipinski definition) is 2. The molecule has 10 nitrogen and oxygen atoms in total. The van der Waals surface area contributed by atoms with Crippen LogP contribution >= 0.6 is 11.6 Å². The predicted octanol–water partition coefficient (Wildman–Crippen LogP) is 4.26. The highest BCUT2D eigenvalue weighted by atomic mass is 35.5. The molecule has 0 radical (unpaired) electrons. The highest BCUT2D eigenvalue weighted by Crippen LogP contribution is 2.17. The molecular formula is C34H29ClN4O6. The molecule has 1 aromatic heterocycles.